The zero-order valence-electron chi connectivity index (χ0n) is 22.7. The number of carbonyl (C=O) groups is 2. The van der Waals surface area contributed by atoms with Crippen LogP contribution in [0, 0.1) is 0 Å². The van der Waals surface area contributed by atoms with Crippen LogP contribution in [0.5, 0.6) is 5.75 Å². The Balaban J connectivity index is 1.68. The van der Waals surface area contributed by atoms with Crippen LogP contribution in [0.25, 0.3) is 0 Å². The van der Waals surface area contributed by atoms with E-state index in [4.69, 9.17) is 10.5 Å². The summed E-state index contributed by atoms with van der Waals surface area (Å²) in [6.45, 7) is 0.0814. The first-order valence-corrected chi connectivity index (χ1v) is 13.1. The zero-order chi connectivity index (χ0) is 28.3. The number of benzene rings is 4. The van der Waals surface area contributed by atoms with Crippen molar-refractivity contribution in [3.63, 3.8) is 0 Å². The summed E-state index contributed by atoms with van der Waals surface area (Å²) in [6.07, 6.45) is 1.85. The minimum atomic E-state index is -0.932. The summed E-state index contributed by atoms with van der Waals surface area (Å²) < 4.78 is 5.28. The van der Waals surface area contributed by atoms with E-state index in [1.807, 2.05) is 109 Å². The molecular formula is C33H34N4O3. The fourth-order valence-corrected chi connectivity index (χ4v) is 4.55. The summed E-state index contributed by atoms with van der Waals surface area (Å²) in [6, 6.07) is 32.9. The smallest absolute Gasteiger partial charge is 0.246 e. The van der Waals surface area contributed by atoms with Crippen LogP contribution in [-0.2, 0) is 22.6 Å². The number of amides is 2. The van der Waals surface area contributed by atoms with E-state index in [0.717, 1.165) is 27.9 Å². The van der Waals surface area contributed by atoms with Gasteiger partial charge in [0.05, 0.1) is 37.6 Å². The van der Waals surface area contributed by atoms with Crippen LogP contribution in [0.3, 0.4) is 0 Å². The second-order valence-corrected chi connectivity index (χ2v) is 9.39. The molecule has 2 amide bonds. The van der Waals surface area contributed by atoms with Crippen LogP contribution in [0.2, 0.25) is 0 Å². The van der Waals surface area contributed by atoms with Crippen molar-refractivity contribution in [3.05, 3.63) is 131 Å². The van der Waals surface area contributed by atoms with Crippen molar-refractivity contribution < 1.29 is 14.3 Å². The maximum Gasteiger partial charge on any atom is 0.246 e. The molecule has 0 saturated carbocycles. The number of aliphatic imine (C=N–C) groups is 1. The highest BCUT2D eigenvalue weighted by atomic mass is 16.5. The predicted octanol–water partition coefficient (Wildman–Crippen LogP) is 4.83. The van der Waals surface area contributed by atoms with Gasteiger partial charge in [0.15, 0.2) is 0 Å². The third-order valence-electron chi connectivity index (χ3n) is 6.57. The van der Waals surface area contributed by atoms with Gasteiger partial charge >= 0.3 is 0 Å². The van der Waals surface area contributed by atoms with Gasteiger partial charge in [-0.25, -0.2) is 4.99 Å². The van der Waals surface area contributed by atoms with Crippen LogP contribution in [-0.4, -0.2) is 43.3 Å². The van der Waals surface area contributed by atoms with Crippen molar-refractivity contribution in [2.45, 2.75) is 24.9 Å². The Morgan fingerprint density at radius 3 is 2.05 bits per heavy atom. The number of nitrogens with zero attached hydrogens (tertiary/aromatic N) is 2. The number of nitrogens with two attached hydrogens (primary N) is 1. The number of methoxy groups -OCH3 is 1. The van der Waals surface area contributed by atoms with Crippen molar-refractivity contribution in [1.29, 1.82) is 0 Å². The lowest BCUT2D eigenvalue weighted by Crippen LogP contribution is -2.49. The van der Waals surface area contributed by atoms with Gasteiger partial charge in [-0.1, -0.05) is 84.9 Å². The van der Waals surface area contributed by atoms with Gasteiger partial charge in [0.2, 0.25) is 11.8 Å². The van der Waals surface area contributed by atoms with E-state index in [2.05, 4.69) is 10.3 Å². The summed E-state index contributed by atoms with van der Waals surface area (Å²) in [5.41, 5.74) is 10.5. The van der Waals surface area contributed by atoms with Gasteiger partial charge in [0.25, 0.3) is 0 Å². The quantitative estimate of drug-likeness (QED) is 0.212. The number of nitrogens with one attached hydrogen (secondary N) is 1. The SMILES string of the molecule is CN/C=N/c1cccc(CC(N)C(=O)N(Cc2ccc(OC)cc2)C(=O)C(c2ccccc2)c2ccccc2)c1. The van der Waals surface area contributed by atoms with Gasteiger partial charge in [-0.05, 0) is 52.9 Å². The molecule has 204 valence electrons. The molecule has 0 bridgehead atoms. The molecule has 40 heavy (non-hydrogen) atoms. The summed E-state index contributed by atoms with van der Waals surface area (Å²) in [4.78, 5) is 33.9. The Hall–Kier alpha value is -4.75. The second kappa shape index (κ2) is 13.9. The number of hydrogen-bond donors (Lipinski definition) is 2. The first kappa shape index (κ1) is 28.3. The fourth-order valence-electron chi connectivity index (χ4n) is 4.55. The van der Waals surface area contributed by atoms with E-state index in [-0.39, 0.29) is 18.9 Å². The number of hydrogen-bond acceptors (Lipinski definition) is 5. The number of imide groups is 1. The summed E-state index contributed by atoms with van der Waals surface area (Å²) in [5, 5.41) is 2.87. The summed E-state index contributed by atoms with van der Waals surface area (Å²) in [7, 11) is 3.37. The second-order valence-electron chi connectivity index (χ2n) is 9.39. The Bertz CT molecular complexity index is 1380. The van der Waals surface area contributed by atoms with Gasteiger partial charge in [-0.2, -0.15) is 0 Å². The Morgan fingerprint density at radius 1 is 0.850 bits per heavy atom. The average molecular weight is 535 g/mol. The normalized spacial score (nSPS) is 11.8. The maximum absolute atomic E-state index is 14.3. The molecule has 1 unspecified atom stereocenters. The highest BCUT2D eigenvalue weighted by Crippen LogP contribution is 2.28. The molecule has 4 aromatic carbocycles. The third kappa shape index (κ3) is 7.21. The fraction of sp³-hybridized carbons (Fsp3) is 0.182. The highest BCUT2D eigenvalue weighted by molar-refractivity contribution is 6.02. The lowest BCUT2D eigenvalue weighted by Gasteiger charge is -2.29. The molecule has 0 aliphatic rings. The standard InChI is InChI=1S/C33H34N4O3/c1-35-23-36-28-15-9-10-25(20-28)21-30(34)32(38)37(22-24-16-18-29(40-2)19-17-24)33(39)31(26-11-5-3-6-12-26)27-13-7-4-8-14-27/h3-20,23,30-31H,21-22,34H2,1-2H3,(H,35,36). The molecule has 0 fully saturated rings. The van der Waals surface area contributed by atoms with Crippen LogP contribution in [0.4, 0.5) is 5.69 Å². The van der Waals surface area contributed by atoms with Crippen molar-refractivity contribution in [2.75, 3.05) is 14.2 Å². The van der Waals surface area contributed by atoms with Crippen molar-refractivity contribution >= 4 is 23.8 Å². The summed E-state index contributed by atoms with van der Waals surface area (Å²) >= 11 is 0. The average Bonchev–Trinajstić information content (AvgIpc) is 3.00. The molecule has 0 heterocycles. The van der Waals surface area contributed by atoms with Crippen LogP contribution in [0.15, 0.2) is 114 Å². The van der Waals surface area contributed by atoms with E-state index >= 15 is 0 Å². The van der Waals surface area contributed by atoms with E-state index < -0.39 is 17.9 Å². The largest absolute Gasteiger partial charge is 0.497 e. The molecule has 3 N–H and O–H groups in total. The molecule has 7 heteroatoms. The minimum absolute atomic E-state index is 0.0814. The van der Waals surface area contributed by atoms with Crippen LogP contribution >= 0.6 is 0 Å². The molecule has 4 aromatic rings. The maximum atomic E-state index is 14.3. The van der Waals surface area contributed by atoms with Crippen LogP contribution < -0.4 is 15.8 Å². The highest BCUT2D eigenvalue weighted by Gasteiger charge is 2.33. The molecule has 0 aromatic heterocycles. The molecule has 7 nitrogen and oxygen atoms in total. The number of rotatable bonds is 11. The van der Waals surface area contributed by atoms with E-state index in [1.165, 1.54) is 4.90 Å². The van der Waals surface area contributed by atoms with Gasteiger partial charge in [0, 0.05) is 7.05 Å². The molecule has 1 atom stereocenters. The van der Waals surface area contributed by atoms with Gasteiger partial charge < -0.3 is 15.8 Å². The lowest BCUT2D eigenvalue weighted by atomic mass is 9.89. The van der Waals surface area contributed by atoms with Crippen LogP contribution in [0.1, 0.15) is 28.2 Å². The van der Waals surface area contributed by atoms with Crippen molar-refractivity contribution in [1.82, 2.24) is 10.2 Å². The number of ether oxygens (including phenoxy) is 1. The lowest BCUT2D eigenvalue weighted by molar-refractivity contribution is -0.146. The monoisotopic (exact) mass is 534 g/mol. The number of carbonyl (C=O) groups excluding carboxylic acids is 2. The molecule has 0 saturated heterocycles. The topological polar surface area (TPSA) is 97.0 Å². The van der Waals surface area contributed by atoms with Crippen molar-refractivity contribution in [3.8, 4) is 5.75 Å². The van der Waals surface area contributed by atoms with E-state index in [1.54, 1.807) is 20.5 Å². The minimum Gasteiger partial charge on any atom is -0.497 e. The predicted molar refractivity (Wildman–Crippen MR) is 159 cm³/mol. The van der Waals surface area contributed by atoms with E-state index in [0.29, 0.717) is 5.75 Å². The summed E-state index contributed by atoms with van der Waals surface area (Å²) in [5.74, 6) is -0.754. The molecule has 0 radical (unpaired) electrons. The third-order valence-corrected chi connectivity index (χ3v) is 6.57. The molecule has 0 spiro atoms. The zero-order valence-corrected chi connectivity index (χ0v) is 22.7. The van der Waals surface area contributed by atoms with Gasteiger partial charge in [-0.3, -0.25) is 14.5 Å². The molecule has 4 rings (SSSR count). The van der Waals surface area contributed by atoms with Gasteiger partial charge in [-0.15, -0.1) is 0 Å². The Kier molecular flexibility index (Phi) is 9.80. The van der Waals surface area contributed by atoms with Gasteiger partial charge in [0.1, 0.15) is 5.75 Å². The first-order valence-electron chi connectivity index (χ1n) is 13.1. The first-order chi connectivity index (χ1) is 19.5. The Labute approximate surface area is 235 Å². The van der Waals surface area contributed by atoms with E-state index in [9.17, 15) is 9.59 Å². The molecule has 0 aliphatic carbocycles. The Morgan fingerprint density at radius 2 is 1.48 bits per heavy atom. The van der Waals surface area contributed by atoms with Crippen molar-refractivity contribution in [2.24, 2.45) is 10.7 Å². The molecular weight excluding hydrogens is 500 g/mol. The molecule has 0 aliphatic heterocycles.